The average molecular weight is 287 g/mol. The van der Waals surface area contributed by atoms with E-state index in [1.807, 2.05) is 0 Å². The van der Waals surface area contributed by atoms with Crippen LogP contribution in [0.5, 0.6) is 5.75 Å². The third-order valence-electron chi connectivity index (χ3n) is 3.62. The molecule has 1 aliphatic carbocycles. The Balaban J connectivity index is 2.00. The number of rotatable bonds is 2. The van der Waals surface area contributed by atoms with Crippen molar-refractivity contribution in [1.29, 1.82) is 0 Å². The SMILES string of the molecule is O=C(N[C@H]1CCC[C@H](C(F)(F)F)C1)c1ccccc1O. The summed E-state index contributed by atoms with van der Waals surface area (Å²) >= 11 is 0. The molecule has 1 saturated carbocycles. The summed E-state index contributed by atoms with van der Waals surface area (Å²) in [6.07, 6.45) is -3.21. The van der Waals surface area contributed by atoms with Crippen LogP contribution in [-0.2, 0) is 0 Å². The minimum atomic E-state index is -4.21. The van der Waals surface area contributed by atoms with E-state index >= 15 is 0 Å². The van der Waals surface area contributed by atoms with Gasteiger partial charge in [0.2, 0.25) is 0 Å². The Morgan fingerprint density at radius 2 is 1.95 bits per heavy atom. The van der Waals surface area contributed by atoms with E-state index in [0.29, 0.717) is 12.8 Å². The summed E-state index contributed by atoms with van der Waals surface area (Å²) in [4.78, 5) is 11.9. The van der Waals surface area contributed by atoms with Crippen molar-refractivity contribution in [2.75, 3.05) is 0 Å². The highest BCUT2D eigenvalue weighted by Gasteiger charge is 2.42. The fourth-order valence-electron chi connectivity index (χ4n) is 2.55. The first-order chi connectivity index (χ1) is 9.38. The number of halogens is 3. The third kappa shape index (κ3) is 3.43. The molecule has 2 rings (SSSR count). The second-order valence-electron chi connectivity index (χ2n) is 5.09. The molecule has 1 aliphatic rings. The minimum Gasteiger partial charge on any atom is -0.507 e. The molecule has 1 fully saturated rings. The van der Waals surface area contributed by atoms with Crippen molar-refractivity contribution >= 4 is 5.91 Å². The van der Waals surface area contributed by atoms with Gasteiger partial charge in [-0.05, 0) is 31.4 Å². The van der Waals surface area contributed by atoms with Crippen LogP contribution in [0.3, 0.4) is 0 Å². The van der Waals surface area contributed by atoms with Crippen molar-refractivity contribution in [3.63, 3.8) is 0 Å². The number of aromatic hydroxyl groups is 1. The Bertz CT molecular complexity index is 488. The number of alkyl halides is 3. The highest BCUT2D eigenvalue weighted by molar-refractivity contribution is 5.96. The zero-order valence-corrected chi connectivity index (χ0v) is 10.8. The second-order valence-corrected chi connectivity index (χ2v) is 5.09. The molecule has 1 aromatic carbocycles. The van der Waals surface area contributed by atoms with Gasteiger partial charge in [-0.2, -0.15) is 13.2 Å². The molecular weight excluding hydrogens is 271 g/mol. The van der Waals surface area contributed by atoms with E-state index in [2.05, 4.69) is 5.32 Å². The predicted molar refractivity (Wildman–Crippen MR) is 67.4 cm³/mol. The lowest BCUT2D eigenvalue weighted by molar-refractivity contribution is -0.183. The third-order valence-corrected chi connectivity index (χ3v) is 3.62. The molecule has 6 heteroatoms. The zero-order chi connectivity index (χ0) is 14.8. The Morgan fingerprint density at radius 1 is 1.25 bits per heavy atom. The molecule has 2 atom stereocenters. The maximum absolute atomic E-state index is 12.7. The largest absolute Gasteiger partial charge is 0.507 e. The van der Waals surface area contributed by atoms with Gasteiger partial charge in [-0.1, -0.05) is 18.6 Å². The summed E-state index contributed by atoms with van der Waals surface area (Å²) in [7, 11) is 0. The van der Waals surface area contributed by atoms with Crippen LogP contribution < -0.4 is 5.32 Å². The molecule has 0 aromatic heterocycles. The van der Waals surface area contributed by atoms with Gasteiger partial charge >= 0.3 is 6.18 Å². The molecule has 20 heavy (non-hydrogen) atoms. The Hall–Kier alpha value is -1.72. The number of phenolic OH excluding ortho intramolecular Hbond substituents is 1. The molecule has 3 nitrogen and oxygen atoms in total. The summed E-state index contributed by atoms with van der Waals surface area (Å²) in [6.45, 7) is 0. The van der Waals surface area contributed by atoms with Crippen molar-refractivity contribution in [2.45, 2.75) is 37.9 Å². The molecule has 1 aromatic rings. The monoisotopic (exact) mass is 287 g/mol. The Kier molecular flexibility index (Phi) is 4.20. The van der Waals surface area contributed by atoms with Gasteiger partial charge in [0.05, 0.1) is 11.5 Å². The van der Waals surface area contributed by atoms with Gasteiger partial charge in [0, 0.05) is 6.04 Å². The Labute approximate surface area is 114 Å². The number of benzene rings is 1. The molecule has 0 heterocycles. The molecule has 2 N–H and O–H groups in total. The van der Waals surface area contributed by atoms with Gasteiger partial charge in [0.1, 0.15) is 5.75 Å². The highest BCUT2D eigenvalue weighted by Crippen LogP contribution is 2.37. The summed E-state index contributed by atoms with van der Waals surface area (Å²) < 4.78 is 38.1. The van der Waals surface area contributed by atoms with Crippen molar-refractivity contribution in [1.82, 2.24) is 5.32 Å². The van der Waals surface area contributed by atoms with Crippen LogP contribution in [0.2, 0.25) is 0 Å². The van der Waals surface area contributed by atoms with Gasteiger partial charge in [-0.15, -0.1) is 0 Å². The van der Waals surface area contributed by atoms with Crippen LogP contribution in [0.4, 0.5) is 13.2 Å². The van der Waals surface area contributed by atoms with Crippen molar-refractivity contribution in [3.8, 4) is 5.75 Å². The number of hydrogen-bond acceptors (Lipinski definition) is 2. The van der Waals surface area contributed by atoms with Crippen molar-refractivity contribution < 1.29 is 23.1 Å². The van der Waals surface area contributed by atoms with Crippen LogP contribution >= 0.6 is 0 Å². The van der Waals surface area contributed by atoms with Crippen LogP contribution in [-0.4, -0.2) is 23.2 Å². The number of amides is 1. The molecular formula is C14H16F3NO2. The van der Waals surface area contributed by atoms with Gasteiger partial charge in [0.25, 0.3) is 5.91 Å². The first-order valence-corrected chi connectivity index (χ1v) is 6.53. The lowest BCUT2D eigenvalue weighted by Gasteiger charge is -2.31. The van der Waals surface area contributed by atoms with Crippen LogP contribution in [0.25, 0.3) is 0 Å². The van der Waals surface area contributed by atoms with Crippen molar-refractivity contribution in [3.05, 3.63) is 29.8 Å². The molecule has 0 saturated heterocycles. The molecule has 0 unspecified atom stereocenters. The number of nitrogens with one attached hydrogen (secondary N) is 1. The quantitative estimate of drug-likeness (QED) is 0.877. The fraction of sp³-hybridized carbons (Fsp3) is 0.500. The zero-order valence-electron chi connectivity index (χ0n) is 10.8. The average Bonchev–Trinajstić information content (AvgIpc) is 2.38. The highest BCUT2D eigenvalue weighted by atomic mass is 19.4. The van der Waals surface area contributed by atoms with E-state index in [0.717, 1.165) is 0 Å². The van der Waals surface area contributed by atoms with E-state index in [1.54, 1.807) is 12.1 Å². The number of carbonyl (C=O) groups excluding carboxylic acids is 1. The van der Waals surface area contributed by atoms with E-state index in [4.69, 9.17) is 0 Å². The van der Waals surface area contributed by atoms with Crippen LogP contribution in [0.15, 0.2) is 24.3 Å². The standard InChI is InChI=1S/C14H16F3NO2/c15-14(16,17)9-4-3-5-10(8-9)18-13(20)11-6-1-2-7-12(11)19/h1-2,6-7,9-10,19H,3-5,8H2,(H,18,20)/t9-,10-/m0/s1. The lowest BCUT2D eigenvalue weighted by atomic mass is 9.85. The number of carbonyl (C=O) groups is 1. The topological polar surface area (TPSA) is 49.3 Å². The maximum atomic E-state index is 12.7. The first kappa shape index (κ1) is 14.7. The number of hydrogen-bond donors (Lipinski definition) is 2. The molecule has 110 valence electrons. The Morgan fingerprint density at radius 3 is 2.60 bits per heavy atom. The maximum Gasteiger partial charge on any atom is 0.391 e. The summed E-state index contributed by atoms with van der Waals surface area (Å²) in [5.41, 5.74) is 0.0848. The number of para-hydroxylation sites is 1. The fourth-order valence-corrected chi connectivity index (χ4v) is 2.55. The van der Waals surface area contributed by atoms with E-state index < -0.39 is 24.0 Å². The van der Waals surface area contributed by atoms with Gasteiger partial charge < -0.3 is 10.4 Å². The van der Waals surface area contributed by atoms with Crippen molar-refractivity contribution in [2.24, 2.45) is 5.92 Å². The van der Waals surface area contributed by atoms with E-state index in [9.17, 15) is 23.1 Å². The molecule has 0 bridgehead atoms. The summed E-state index contributed by atoms with van der Waals surface area (Å²) in [6, 6.07) is 5.48. The summed E-state index contributed by atoms with van der Waals surface area (Å²) in [5, 5.41) is 12.1. The lowest BCUT2D eigenvalue weighted by Crippen LogP contribution is -2.41. The van der Waals surface area contributed by atoms with Gasteiger partial charge in [0.15, 0.2) is 0 Å². The van der Waals surface area contributed by atoms with Crippen LogP contribution in [0, 0.1) is 5.92 Å². The van der Waals surface area contributed by atoms with Gasteiger partial charge in [-0.25, -0.2) is 0 Å². The van der Waals surface area contributed by atoms with E-state index in [-0.39, 0.29) is 24.2 Å². The molecule has 0 aliphatic heterocycles. The molecule has 0 radical (unpaired) electrons. The smallest absolute Gasteiger partial charge is 0.391 e. The van der Waals surface area contributed by atoms with E-state index in [1.165, 1.54) is 12.1 Å². The summed E-state index contributed by atoms with van der Waals surface area (Å²) in [5.74, 6) is -2.06. The van der Waals surface area contributed by atoms with Gasteiger partial charge in [-0.3, -0.25) is 4.79 Å². The molecule has 0 spiro atoms. The number of phenols is 1. The van der Waals surface area contributed by atoms with Crippen LogP contribution in [0.1, 0.15) is 36.0 Å². The molecule has 1 amide bonds. The first-order valence-electron chi connectivity index (χ1n) is 6.53. The normalized spacial score (nSPS) is 23.4. The minimum absolute atomic E-state index is 0.0848. The predicted octanol–water partition coefficient (Wildman–Crippen LogP) is 3.24. The second kappa shape index (κ2) is 5.73.